The van der Waals surface area contributed by atoms with Crippen LogP contribution in [0.15, 0.2) is 23.1 Å². The van der Waals surface area contributed by atoms with Gasteiger partial charge in [0.05, 0.1) is 10.8 Å². The minimum atomic E-state index is -0.883. The maximum atomic E-state index is 11.8. The van der Waals surface area contributed by atoms with Crippen LogP contribution in [-0.2, 0) is 10.8 Å². The monoisotopic (exact) mass is 211 g/mol. The van der Waals surface area contributed by atoms with Gasteiger partial charge >= 0.3 is 0 Å². The smallest absolute Gasteiger partial charge is 0.0532 e. The molecular weight excluding hydrogens is 194 g/mol. The highest BCUT2D eigenvalue weighted by atomic mass is 32.2. The predicted molar refractivity (Wildman–Crippen MR) is 60.9 cm³/mol. The fourth-order valence-corrected chi connectivity index (χ4v) is 2.67. The van der Waals surface area contributed by atoms with Gasteiger partial charge in [0.1, 0.15) is 0 Å². The lowest BCUT2D eigenvalue weighted by Crippen LogP contribution is -2.07. The molecule has 0 aliphatic rings. The molecule has 3 heteroatoms. The molecule has 0 spiro atoms. The molecule has 1 atom stereocenters. The molecule has 0 fully saturated rings. The van der Waals surface area contributed by atoms with Crippen molar-refractivity contribution in [2.24, 2.45) is 5.73 Å². The summed E-state index contributed by atoms with van der Waals surface area (Å²) in [7, 11) is -0.883. The SMILES string of the molecule is Cc1ccc(S(=O)CCCN)c(C)c1. The average molecular weight is 211 g/mol. The second kappa shape index (κ2) is 5.27. The zero-order chi connectivity index (χ0) is 10.6. The molecule has 1 unspecified atom stereocenters. The van der Waals surface area contributed by atoms with Gasteiger partial charge in [0.2, 0.25) is 0 Å². The molecule has 0 radical (unpaired) electrons. The molecule has 1 rings (SSSR count). The van der Waals surface area contributed by atoms with Gasteiger partial charge in [0.15, 0.2) is 0 Å². The lowest BCUT2D eigenvalue weighted by molar-refractivity contribution is 0.680. The third-order valence-electron chi connectivity index (χ3n) is 2.11. The normalized spacial score (nSPS) is 12.8. The van der Waals surface area contributed by atoms with Gasteiger partial charge in [-0.05, 0) is 38.4 Å². The van der Waals surface area contributed by atoms with Gasteiger partial charge in [-0.3, -0.25) is 4.21 Å². The molecule has 2 nitrogen and oxygen atoms in total. The molecule has 0 heterocycles. The van der Waals surface area contributed by atoms with Gasteiger partial charge in [-0.1, -0.05) is 17.7 Å². The number of rotatable bonds is 4. The Hall–Kier alpha value is -0.670. The van der Waals surface area contributed by atoms with Crippen LogP contribution in [-0.4, -0.2) is 16.5 Å². The van der Waals surface area contributed by atoms with Gasteiger partial charge < -0.3 is 5.73 Å². The van der Waals surface area contributed by atoms with Crippen LogP contribution in [0.5, 0.6) is 0 Å². The highest BCUT2D eigenvalue weighted by Gasteiger charge is 2.06. The Labute approximate surface area is 88.0 Å². The van der Waals surface area contributed by atoms with Crippen molar-refractivity contribution in [3.8, 4) is 0 Å². The minimum Gasteiger partial charge on any atom is -0.330 e. The molecule has 0 aromatic heterocycles. The molecule has 0 aliphatic carbocycles. The van der Waals surface area contributed by atoms with Crippen molar-refractivity contribution < 1.29 is 4.21 Å². The largest absolute Gasteiger partial charge is 0.330 e. The van der Waals surface area contributed by atoms with Crippen LogP contribution in [0.1, 0.15) is 17.5 Å². The number of hydrogen-bond acceptors (Lipinski definition) is 2. The van der Waals surface area contributed by atoms with E-state index in [1.165, 1.54) is 5.56 Å². The minimum absolute atomic E-state index is 0.608. The molecule has 1 aromatic rings. The predicted octanol–water partition coefficient (Wildman–Crippen LogP) is 1.76. The molecule has 0 saturated carbocycles. The summed E-state index contributed by atoms with van der Waals surface area (Å²) < 4.78 is 11.8. The number of nitrogens with two attached hydrogens (primary N) is 1. The summed E-state index contributed by atoms with van der Waals surface area (Å²) >= 11 is 0. The summed E-state index contributed by atoms with van der Waals surface area (Å²) in [6, 6.07) is 6.02. The third kappa shape index (κ3) is 2.93. The van der Waals surface area contributed by atoms with E-state index in [1.807, 2.05) is 26.0 Å². The molecule has 14 heavy (non-hydrogen) atoms. The van der Waals surface area contributed by atoms with Crippen molar-refractivity contribution in [2.75, 3.05) is 12.3 Å². The van der Waals surface area contributed by atoms with Crippen LogP contribution in [0.2, 0.25) is 0 Å². The summed E-state index contributed by atoms with van der Waals surface area (Å²) in [4.78, 5) is 0.948. The second-order valence-corrected chi connectivity index (χ2v) is 5.00. The van der Waals surface area contributed by atoms with Crippen molar-refractivity contribution in [3.63, 3.8) is 0 Å². The van der Waals surface area contributed by atoms with E-state index in [0.29, 0.717) is 12.3 Å². The van der Waals surface area contributed by atoms with Crippen LogP contribution in [0.3, 0.4) is 0 Å². The lowest BCUT2D eigenvalue weighted by atomic mass is 10.2. The van der Waals surface area contributed by atoms with Crippen molar-refractivity contribution in [3.05, 3.63) is 29.3 Å². The van der Waals surface area contributed by atoms with Gasteiger partial charge in [-0.2, -0.15) is 0 Å². The summed E-state index contributed by atoms with van der Waals surface area (Å²) in [5.74, 6) is 0.667. The van der Waals surface area contributed by atoms with Crippen molar-refractivity contribution in [1.82, 2.24) is 0 Å². The lowest BCUT2D eigenvalue weighted by Gasteiger charge is -2.06. The van der Waals surface area contributed by atoms with Gasteiger partial charge in [0.25, 0.3) is 0 Å². The van der Waals surface area contributed by atoms with Crippen LogP contribution in [0.25, 0.3) is 0 Å². The van der Waals surface area contributed by atoms with E-state index in [1.54, 1.807) is 0 Å². The van der Waals surface area contributed by atoms with E-state index in [2.05, 4.69) is 6.07 Å². The van der Waals surface area contributed by atoms with Gasteiger partial charge in [-0.15, -0.1) is 0 Å². The van der Waals surface area contributed by atoms with E-state index in [-0.39, 0.29) is 0 Å². The first-order chi connectivity index (χ1) is 6.65. The van der Waals surface area contributed by atoms with Crippen LogP contribution < -0.4 is 5.73 Å². The molecular formula is C11H17NOS. The number of hydrogen-bond donors (Lipinski definition) is 1. The second-order valence-electron chi connectivity index (χ2n) is 3.46. The highest BCUT2D eigenvalue weighted by Crippen LogP contribution is 2.15. The Balaban J connectivity index is 2.80. The first-order valence-electron chi connectivity index (χ1n) is 4.81. The van der Waals surface area contributed by atoms with Crippen molar-refractivity contribution >= 4 is 10.8 Å². The Bertz CT molecular complexity index is 336. The third-order valence-corrected chi connectivity index (χ3v) is 3.72. The zero-order valence-electron chi connectivity index (χ0n) is 8.75. The molecule has 0 saturated heterocycles. The fourth-order valence-electron chi connectivity index (χ4n) is 1.38. The van der Waals surface area contributed by atoms with Gasteiger partial charge in [0, 0.05) is 10.6 Å². The first-order valence-corrected chi connectivity index (χ1v) is 6.12. The quantitative estimate of drug-likeness (QED) is 0.824. The zero-order valence-corrected chi connectivity index (χ0v) is 9.56. The van der Waals surface area contributed by atoms with Crippen LogP contribution >= 0.6 is 0 Å². The van der Waals surface area contributed by atoms with Crippen molar-refractivity contribution in [2.45, 2.75) is 25.2 Å². The first kappa shape index (κ1) is 11.4. The summed E-state index contributed by atoms with van der Waals surface area (Å²) in [5, 5.41) is 0. The molecule has 0 amide bonds. The van der Waals surface area contributed by atoms with E-state index < -0.39 is 10.8 Å². The summed E-state index contributed by atoms with van der Waals surface area (Å²) in [6.07, 6.45) is 0.819. The number of aryl methyl sites for hydroxylation is 2. The van der Waals surface area contributed by atoms with E-state index in [4.69, 9.17) is 5.73 Å². The van der Waals surface area contributed by atoms with E-state index in [9.17, 15) is 4.21 Å². The van der Waals surface area contributed by atoms with E-state index >= 15 is 0 Å². The summed E-state index contributed by atoms with van der Waals surface area (Å²) in [5.41, 5.74) is 7.70. The average Bonchev–Trinajstić information content (AvgIpc) is 2.14. The van der Waals surface area contributed by atoms with E-state index in [0.717, 1.165) is 16.9 Å². The maximum Gasteiger partial charge on any atom is 0.0532 e. The number of benzene rings is 1. The highest BCUT2D eigenvalue weighted by molar-refractivity contribution is 7.85. The standard InChI is InChI=1S/C11H17NOS/c1-9-4-5-11(10(2)8-9)14(13)7-3-6-12/h4-5,8H,3,6-7,12H2,1-2H3. The van der Waals surface area contributed by atoms with Gasteiger partial charge in [-0.25, -0.2) is 0 Å². The molecule has 78 valence electrons. The Morgan fingerprint density at radius 3 is 2.64 bits per heavy atom. The summed E-state index contributed by atoms with van der Waals surface area (Å²) in [6.45, 7) is 4.65. The molecule has 1 aromatic carbocycles. The Morgan fingerprint density at radius 1 is 1.36 bits per heavy atom. The molecule has 0 bridgehead atoms. The maximum absolute atomic E-state index is 11.8. The van der Waals surface area contributed by atoms with Crippen molar-refractivity contribution in [1.29, 1.82) is 0 Å². The van der Waals surface area contributed by atoms with Crippen LogP contribution in [0, 0.1) is 13.8 Å². The Morgan fingerprint density at radius 2 is 2.07 bits per heavy atom. The molecule has 0 aliphatic heterocycles. The Kier molecular flexibility index (Phi) is 4.29. The molecule has 2 N–H and O–H groups in total. The fraction of sp³-hybridized carbons (Fsp3) is 0.455. The van der Waals surface area contributed by atoms with Crippen LogP contribution in [0.4, 0.5) is 0 Å². The topological polar surface area (TPSA) is 43.1 Å².